The van der Waals surface area contributed by atoms with Gasteiger partial charge in [0.05, 0.1) is 31.9 Å². The normalized spacial score (nSPS) is 18.2. The summed E-state index contributed by atoms with van der Waals surface area (Å²) < 4.78 is 12.1. The fraction of sp³-hybridized carbons (Fsp3) is 0.600. The molecular formula is C25H38NO2+. The number of nitrogens with two attached hydrogens (primary N) is 1. The molecule has 0 saturated carbocycles. The summed E-state index contributed by atoms with van der Waals surface area (Å²) >= 11 is 0. The van der Waals surface area contributed by atoms with E-state index in [0.717, 1.165) is 45.2 Å². The molecule has 3 nitrogen and oxygen atoms in total. The van der Waals surface area contributed by atoms with Crippen LogP contribution in [0.2, 0.25) is 0 Å². The first kappa shape index (κ1) is 21.3. The standard InChI is InChI=1S/C25H37NO2/c1-3-23(4-2)26-14-16-27-19-20(18-24-12-8-15-28-24)17-22-11-7-10-21-9-5-6-13-25(21)22/h5-7,9-11,13,20,23-24,26H,3-4,8,12,14-19H2,1-2H3/p+1. The summed E-state index contributed by atoms with van der Waals surface area (Å²) in [5.41, 5.74) is 1.44. The third kappa shape index (κ3) is 6.30. The average molecular weight is 385 g/mol. The van der Waals surface area contributed by atoms with Crippen LogP contribution in [0, 0.1) is 5.92 Å². The fourth-order valence-electron chi connectivity index (χ4n) is 4.45. The van der Waals surface area contributed by atoms with Crippen LogP contribution in [0.3, 0.4) is 0 Å². The van der Waals surface area contributed by atoms with Gasteiger partial charge in [-0.15, -0.1) is 0 Å². The SMILES string of the molecule is CCC(CC)[NH2+]CCOCC(Cc1cccc2ccccc12)CC1CCCO1. The Balaban J connectivity index is 1.57. The van der Waals surface area contributed by atoms with E-state index < -0.39 is 0 Å². The molecule has 0 aromatic heterocycles. The number of hydrogen-bond donors (Lipinski definition) is 1. The smallest absolute Gasteiger partial charge is 0.0995 e. The van der Waals surface area contributed by atoms with Crippen molar-refractivity contribution in [1.29, 1.82) is 0 Å². The Morgan fingerprint density at radius 1 is 1.11 bits per heavy atom. The van der Waals surface area contributed by atoms with Gasteiger partial charge in [-0.2, -0.15) is 0 Å². The van der Waals surface area contributed by atoms with E-state index in [0.29, 0.717) is 12.0 Å². The minimum Gasteiger partial charge on any atom is -0.378 e. The van der Waals surface area contributed by atoms with Gasteiger partial charge in [-0.3, -0.25) is 0 Å². The summed E-state index contributed by atoms with van der Waals surface area (Å²) in [7, 11) is 0. The van der Waals surface area contributed by atoms with E-state index in [1.54, 1.807) is 0 Å². The van der Waals surface area contributed by atoms with Crippen LogP contribution in [0.1, 0.15) is 51.5 Å². The molecule has 28 heavy (non-hydrogen) atoms. The van der Waals surface area contributed by atoms with E-state index in [-0.39, 0.29) is 0 Å². The molecule has 0 spiro atoms. The predicted octanol–water partition coefficient (Wildman–Crippen LogP) is 4.34. The lowest BCUT2D eigenvalue weighted by molar-refractivity contribution is -0.691. The van der Waals surface area contributed by atoms with Crippen LogP contribution in [0.15, 0.2) is 42.5 Å². The molecule has 1 aliphatic rings. The molecule has 2 aromatic carbocycles. The zero-order chi connectivity index (χ0) is 19.6. The highest BCUT2D eigenvalue weighted by Gasteiger charge is 2.22. The number of fused-ring (bicyclic) bond motifs is 1. The van der Waals surface area contributed by atoms with Crippen LogP contribution in [-0.4, -0.2) is 38.5 Å². The molecule has 0 aliphatic carbocycles. The van der Waals surface area contributed by atoms with Crippen molar-refractivity contribution in [3.8, 4) is 0 Å². The van der Waals surface area contributed by atoms with E-state index in [1.807, 2.05) is 0 Å². The van der Waals surface area contributed by atoms with Crippen LogP contribution in [0.25, 0.3) is 10.8 Å². The summed E-state index contributed by atoms with van der Waals surface area (Å²) in [6, 6.07) is 16.1. The van der Waals surface area contributed by atoms with E-state index in [4.69, 9.17) is 9.47 Å². The monoisotopic (exact) mass is 384 g/mol. The minimum atomic E-state index is 0.416. The molecule has 2 N–H and O–H groups in total. The van der Waals surface area contributed by atoms with Gasteiger partial charge in [-0.05, 0) is 60.8 Å². The summed E-state index contributed by atoms with van der Waals surface area (Å²) in [4.78, 5) is 0. The third-order valence-corrected chi connectivity index (χ3v) is 6.17. The molecular weight excluding hydrogens is 346 g/mol. The fourth-order valence-corrected chi connectivity index (χ4v) is 4.45. The lowest BCUT2D eigenvalue weighted by Gasteiger charge is -2.21. The first-order valence-corrected chi connectivity index (χ1v) is 11.3. The lowest BCUT2D eigenvalue weighted by atomic mass is 9.91. The van der Waals surface area contributed by atoms with Crippen molar-refractivity contribution in [2.24, 2.45) is 5.92 Å². The molecule has 0 amide bonds. The molecule has 0 bridgehead atoms. The van der Waals surface area contributed by atoms with Crippen molar-refractivity contribution in [2.45, 2.75) is 64.5 Å². The first-order valence-electron chi connectivity index (χ1n) is 11.3. The Kier molecular flexibility index (Phi) is 8.78. The topological polar surface area (TPSA) is 35.1 Å². The number of quaternary nitrogens is 1. The molecule has 2 atom stereocenters. The average Bonchev–Trinajstić information content (AvgIpc) is 3.24. The summed E-state index contributed by atoms with van der Waals surface area (Å²) in [6.07, 6.45) is 7.47. The molecule has 3 heteroatoms. The molecule has 1 heterocycles. The van der Waals surface area contributed by atoms with Crippen molar-refractivity contribution < 1.29 is 14.8 Å². The zero-order valence-corrected chi connectivity index (χ0v) is 17.7. The van der Waals surface area contributed by atoms with Gasteiger partial charge in [0.1, 0.15) is 0 Å². The second-order valence-electron chi connectivity index (χ2n) is 8.26. The van der Waals surface area contributed by atoms with Crippen molar-refractivity contribution in [3.05, 3.63) is 48.0 Å². The number of benzene rings is 2. The van der Waals surface area contributed by atoms with Gasteiger partial charge in [0, 0.05) is 6.61 Å². The molecule has 3 rings (SSSR count). The Bertz CT molecular complexity index is 687. The molecule has 1 saturated heterocycles. The summed E-state index contributed by atoms with van der Waals surface area (Å²) in [5, 5.41) is 5.15. The third-order valence-electron chi connectivity index (χ3n) is 6.17. The molecule has 2 unspecified atom stereocenters. The second-order valence-corrected chi connectivity index (χ2v) is 8.26. The van der Waals surface area contributed by atoms with E-state index in [2.05, 4.69) is 61.6 Å². The maximum absolute atomic E-state index is 6.14. The van der Waals surface area contributed by atoms with E-state index >= 15 is 0 Å². The van der Waals surface area contributed by atoms with Gasteiger partial charge in [-0.25, -0.2) is 0 Å². The summed E-state index contributed by atoms with van der Waals surface area (Å²) in [6.45, 7) is 8.21. The van der Waals surface area contributed by atoms with E-state index in [1.165, 1.54) is 42.0 Å². The Morgan fingerprint density at radius 3 is 2.71 bits per heavy atom. The predicted molar refractivity (Wildman–Crippen MR) is 117 cm³/mol. The largest absolute Gasteiger partial charge is 0.378 e. The molecule has 1 fully saturated rings. The Hall–Kier alpha value is -1.42. The second kappa shape index (κ2) is 11.5. The van der Waals surface area contributed by atoms with Crippen LogP contribution >= 0.6 is 0 Å². The number of rotatable bonds is 12. The maximum Gasteiger partial charge on any atom is 0.0995 e. The van der Waals surface area contributed by atoms with Crippen molar-refractivity contribution in [1.82, 2.24) is 0 Å². The van der Waals surface area contributed by atoms with Gasteiger partial charge in [0.25, 0.3) is 0 Å². The van der Waals surface area contributed by atoms with Crippen molar-refractivity contribution in [3.63, 3.8) is 0 Å². The highest BCUT2D eigenvalue weighted by atomic mass is 16.5. The first-order chi connectivity index (χ1) is 13.8. The number of ether oxygens (including phenoxy) is 2. The van der Waals surface area contributed by atoms with Gasteiger partial charge < -0.3 is 14.8 Å². The molecule has 154 valence electrons. The van der Waals surface area contributed by atoms with Gasteiger partial charge in [0.15, 0.2) is 0 Å². The Labute approximate surface area is 170 Å². The molecule has 1 aliphatic heterocycles. The van der Waals surface area contributed by atoms with Gasteiger partial charge in [0.2, 0.25) is 0 Å². The van der Waals surface area contributed by atoms with Crippen LogP contribution in [0.5, 0.6) is 0 Å². The van der Waals surface area contributed by atoms with Crippen LogP contribution in [-0.2, 0) is 15.9 Å². The zero-order valence-electron chi connectivity index (χ0n) is 17.7. The van der Waals surface area contributed by atoms with Crippen LogP contribution < -0.4 is 5.32 Å². The minimum absolute atomic E-state index is 0.416. The highest BCUT2D eigenvalue weighted by Crippen LogP contribution is 2.26. The number of hydrogen-bond acceptors (Lipinski definition) is 2. The van der Waals surface area contributed by atoms with Gasteiger partial charge >= 0.3 is 0 Å². The van der Waals surface area contributed by atoms with Crippen LogP contribution in [0.4, 0.5) is 0 Å². The van der Waals surface area contributed by atoms with Crippen molar-refractivity contribution in [2.75, 3.05) is 26.4 Å². The quantitative estimate of drug-likeness (QED) is 0.553. The van der Waals surface area contributed by atoms with Gasteiger partial charge in [-0.1, -0.05) is 56.3 Å². The summed E-state index contributed by atoms with van der Waals surface area (Å²) in [5.74, 6) is 0.516. The molecule has 2 aromatic rings. The van der Waals surface area contributed by atoms with Crippen molar-refractivity contribution >= 4 is 10.8 Å². The molecule has 0 radical (unpaired) electrons. The maximum atomic E-state index is 6.14. The highest BCUT2D eigenvalue weighted by molar-refractivity contribution is 5.85. The van der Waals surface area contributed by atoms with E-state index in [9.17, 15) is 0 Å². The lowest BCUT2D eigenvalue weighted by Crippen LogP contribution is -2.90. The Morgan fingerprint density at radius 2 is 1.93 bits per heavy atom.